The van der Waals surface area contributed by atoms with Crippen molar-refractivity contribution >= 4 is 31.5 Å². The molecule has 1 saturated heterocycles. The molecule has 4 nitrogen and oxygen atoms in total. The molecule has 18 heavy (non-hydrogen) atoms. The fraction of sp³-hybridized carbons (Fsp3) is 0.417. The third-order valence-corrected chi connectivity index (χ3v) is 5.39. The lowest BCUT2D eigenvalue weighted by atomic mass is 10.1. The number of hydrogen-bond acceptors (Lipinski definition) is 4. The van der Waals surface area contributed by atoms with Crippen molar-refractivity contribution in [2.24, 2.45) is 0 Å². The molecule has 0 unspecified atom stereocenters. The molecule has 0 amide bonds. The van der Waals surface area contributed by atoms with Gasteiger partial charge in [-0.3, -0.25) is 0 Å². The molecule has 1 aliphatic rings. The highest BCUT2D eigenvalue weighted by Crippen LogP contribution is 2.23. The zero-order chi connectivity index (χ0) is 13.2. The van der Waals surface area contributed by atoms with E-state index in [2.05, 4.69) is 27.3 Å². The fourth-order valence-electron chi connectivity index (χ4n) is 1.97. The van der Waals surface area contributed by atoms with Crippen LogP contribution >= 0.6 is 15.9 Å². The molecular weight excluding hydrogens is 316 g/mol. The van der Waals surface area contributed by atoms with E-state index in [4.69, 9.17) is 5.26 Å². The number of halogens is 1. The van der Waals surface area contributed by atoms with Gasteiger partial charge in [-0.2, -0.15) is 5.26 Å². The second kappa shape index (κ2) is 5.29. The summed E-state index contributed by atoms with van der Waals surface area (Å²) in [5.41, 5.74) is 1.50. The third-order valence-electron chi connectivity index (χ3n) is 3.01. The number of rotatable bonds is 2. The lowest BCUT2D eigenvalue weighted by Crippen LogP contribution is -2.32. The van der Waals surface area contributed by atoms with Crippen LogP contribution in [0.3, 0.4) is 0 Å². The number of hydrogen-bond donors (Lipinski definition) is 1. The first-order valence-electron chi connectivity index (χ1n) is 5.67. The highest BCUT2D eigenvalue weighted by Gasteiger charge is 2.23. The molecule has 0 aliphatic carbocycles. The average molecular weight is 329 g/mol. The lowest BCUT2D eigenvalue weighted by molar-refractivity contribution is 0.559. The van der Waals surface area contributed by atoms with E-state index in [1.807, 2.05) is 12.1 Å². The molecule has 0 radical (unpaired) electrons. The van der Waals surface area contributed by atoms with Gasteiger partial charge in [-0.1, -0.05) is 0 Å². The predicted molar refractivity (Wildman–Crippen MR) is 74.2 cm³/mol. The van der Waals surface area contributed by atoms with Crippen molar-refractivity contribution < 1.29 is 8.42 Å². The average Bonchev–Trinajstić information content (AvgIpc) is 2.32. The van der Waals surface area contributed by atoms with Gasteiger partial charge in [0.1, 0.15) is 15.9 Å². The molecule has 0 bridgehead atoms. The maximum atomic E-state index is 11.3. The van der Waals surface area contributed by atoms with Crippen LogP contribution in [0.4, 0.5) is 5.69 Å². The van der Waals surface area contributed by atoms with Gasteiger partial charge >= 0.3 is 0 Å². The maximum absolute atomic E-state index is 11.3. The predicted octanol–water partition coefficient (Wildman–Crippen LogP) is 2.31. The van der Waals surface area contributed by atoms with E-state index in [1.165, 1.54) is 0 Å². The normalized spacial score (nSPS) is 19.1. The summed E-state index contributed by atoms with van der Waals surface area (Å²) in [6.07, 6.45) is 1.28. The Hall–Kier alpha value is -1.06. The molecule has 0 atom stereocenters. The first-order chi connectivity index (χ1) is 8.50. The SMILES string of the molecule is N#Cc1ccc(NC2CCS(=O)(=O)CC2)cc1Br. The van der Waals surface area contributed by atoms with Gasteiger partial charge < -0.3 is 5.32 Å². The van der Waals surface area contributed by atoms with E-state index in [1.54, 1.807) is 6.07 Å². The summed E-state index contributed by atoms with van der Waals surface area (Å²) in [6, 6.07) is 7.70. The Bertz CT molecular complexity index is 579. The Morgan fingerprint density at radius 2 is 2.00 bits per heavy atom. The summed E-state index contributed by atoms with van der Waals surface area (Å²) in [4.78, 5) is 0. The summed E-state index contributed by atoms with van der Waals surface area (Å²) in [5, 5.41) is 12.1. The minimum absolute atomic E-state index is 0.188. The van der Waals surface area contributed by atoms with Gasteiger partial charge in [0.15, 0.2) is 0 Å². The van der Waals surface area contributed by atoms with Crippen molar-refractivity contribution in [3.63, 3.8) is 0 Å². The van der Waals surface area contributed by atoms with Crippen molar-refractivity contribution in [2.45, 2.75) is 18.9 Å². The Labute approximate surface area is 115 Å². The van der Waals surface area contributed by atoms with Crippen LogP contribution in [0, 0.1) is 11.3 Å². The van der Waals surface area contributed by atoms with Gasteiger partial charge in [0, 0.05) is 16.2 Å². The van der Waals surface area contributed by atoms with Crippen LogP contribution in [0.5, 0.6) is 0 Å². The number of sulfone groups is 1. The summed E-state index contributed by atoms with van der Waals surface area (Å²) in [6.45, 7) is 0. The molecule has 1 fully saturated rings. The summed E-state index contributed by atoms with van der Waals surface area (Å²) in [7, 11) is -2.82. The molecule has 0 saturated carbocycles. The van der Waals surface area contributed by atoms with Crippen molar-refractivity contribution in [3.05, 3.63) is 28.2 Å². The maximum Gasteiger partial charge on any atom is 0.150 e. The van der Waals surface area contributed by atoms with Crippen LogP contribution in [0.25, 0.3) is 0 Å². The monoisotopic (exact) mass is 328 g/mol. The zero-order valence-electron chi connectivity index (χ0n) is 9.69. The smallest absolute Gasteiger partial charge is 0.150 e. The van der Waals surface area contributed by atoms with Crippen LogP contribution < -0.4 is 5.32 Å². The number of nitrogens with one attached hydrogen (secondary N) is 1. The number of benzene rings is 1. The molecule has 1 N–H and O–H groups in total. The van der Waals surface area contributed by atoms with E-state index in [-0.39, 0.29) is 17.5 Å². The van der Waals surface area contributed by atoms with E-state index in [0.717, 1.165) is 10.2 Å². The molecule has 1 aromatic carbocycles. The first-order valence-corrected chi connectivity index (χ1v) is 8.28. The highest BCUT2D eigenvalue weighted by atomic mass is 79.9. The van der Waals surface area contributed by atoms with Gasteiger partial charge in [-0.25, -0.2) is 8.42 Å². The highest BCUT2D eigenvalue weighted by molar-refractivity contribution is 9.10. The molecule has 0 spiro atoms. The Morgan fingerprint density at radius 3 is 2.56 bits per heavy atom. The molecule has 1 aromatic rings. The van der Waals surface area contributed by atoms with Gasteiger partial charge in [-0.05, 0) is 47.0 Å². The minimum Gasteiger partial charge on any atom is -0.382 e. The van der Waals surface area contributed by atoms with E-state index in [0.29, 0.717) is 18.4 Å². The largest absolute Gasteiger partial charge is 0.382 e. The van der Waals surface area contributed by atoms with Gasteiger partial charge in [0.25, 0.3) is 0 Å². The second-order valence-corrected chi connectivity index (χ2v) is 7.53. The van der Waals surface area contributed by atoms with Crippen LogP contribution in [0.2, 0.25) is 0 Å². The van der Waals surface area contributed by atoms with E-state index >= 15 is 0 Å². The zero-order valence-corrected chi connectivity index (χ0v) is 12.1. The number of anilines is 1. The first kappa shape index (κ1) is 13.4. The van der Waals surface area contributed by atoms with Crippen LogP contribution in [-0.4, -0.2) is 26.0 Å². The van der Waals surface area contributed by atoms with Crippen molar-refractivity contribution in [3.8, 4) is 6.07 Å². The van der Waals surface area contributed by atoms with Gasteiger partial charge in [0.2, 0.25) is 0 Å². The quantitative estimate of drug-likeness (QED) is 0.904. The third kappa shape index (κ3) is 3.24. The minimum atomic E-state index is -2.82. The Balaban J connectivity index is 2.03. The topological polar surface area (TPSA) is 70.0 Å². The van der Waals surface area contributed by atoms with Crippen LogP contribution in [-0.2, 0) is 9.84 Å². The van der Waals surface area contributed by atoms with Crippen molar-refractivity contribution in [2.75, 3.05) is 16.8 Å². The summed E-state index contributed by atoms with van der Waals surface area (Å²) in [5.74, 6) is 0.504. The van der Waals surface area contributed by atoms with E-state index < -0.39 is 9.84 Å². The van der Waals surface area contributed by atoms with Crippen LogP contribution in [0.15, 0.2) is 22.7 Å². The number of nitrogens with zero attached hydrogens (tertiary/aromatic N) is 1. The van der Waals surface area contributed by atoms with Gasteiger partial charge in [0.05, 0.1) is 17.1 Å². The summed E-state index contributed by atoms with van der Waals surface area (Å²) < 4.78 is 23.4. The molecular formula is C12H13BrN2O2S. The van der Waals surface area contributed by atoms with E-state index in [9.17, 15) is 8.42 Å². The standard InChI is InChI=1S/C12H13BrN2O2S/c13-12-7-11(2-1-9(12)8-14)15-10-3-5-18(16,17)6-4-10/h1-2,7,10,15H,3-6H2. The molecule has 2 rings (SSSR count). The molecule has 1 heterocycles. The Morgan fingerprint density at radius 1 is 1.33 bits per heavy atom. The lowest BCUT2D eigenvalue weighted by Gasteiger charge is -2.24. The van der Waals surface area contributed by atoms with Gasteiger partial charge in [-0.15, -0.1) is 0 Å². The summed E-state index contributed by atoms with van der Waals surface area (Å²) >= 11 is 3.33. The second-order valence-electron chi connectivity index (χ2n) is 4.38. The Kier molecular flexibility index (Phi) is 3.93. The van der Waals surface area contributed by atoms with Crippen LogP contribution in [0.1, 0.15) is 18.4 Å². The number of nitriles is 1. The molecule has 96 valence electrons. The fourth-order valence-corrected chi connectivity index (χ4v) is 3.92. The molecule has 1 aliphatic heterocycles. The molecule has 6 heteroatoms. The van der Waals surface area contributed by atoms with Crippen molar-refractivity contribution in [1.82, 2.24) is 0 Å². The molecule has 0 aromatic heterocycles. The van der Waals surface area contributed by atoms with Crippen molar-refractivity contribution in [1.29, 1.82) is 5.26 Å².